The number of amides is 1. The molecule has 1 saturated heterocycles. The number of ether oxygens (including phenoxy) is 3. The maximum absolute atomic E-state index is 16.5. The summed E-state index contributed by atoms with van der Waals surface area (Å²) in [6, 6.07) is 25.8. The molecule has 1 amide bonds. The van der Waals surface area contributed by atoms with Gasteiger partial charge in [-0.1, -0.05) is 54.6 Å². The van der Waals surface area contributed by atoms with Gasteiger partial charge >= 0.3 is 17.6 Å². The van der Waals surface area contributed by atoms with E-state index >= 15 is 4.39 Å². The van der Waals surface area contributed by atoms with Gasteiger partial charge in [-0.3, -0.25) is 9.36 Å². The number of carbonyl (C=O) groups is 3. The second-order valence-corrected chi connectivity index (χ2v) is 9.66. The lowest BCUT2D eigenvalue weighted by molar-refractivity contribution is -0.0648. The molecular weight excluding hydrogens is 545 g/mol. The fraction of sp³-hybridized carbons (Fsp3) is 0.194. The van der Waals surface area contributed by atoms with E-state index in [4.69, 9.17) is 14.2 Å². The monoisotopic (exact) mass is 571 g/mol. The largest absolute Gasteiger partial charge is 0.459 e. The van der Waals surface area contributed by atoms with Crippen LogP contribution in [-0.2, 0) is 14.2 Å². The molecule has 3 aromatic carbocycles. The van der Waals surface area contributed by atoms with E-state index in [0.29, 0.717) is 5.56 Å². The Kier molecular flexibility index (Phi) is 8.21. The van der Waals surface area contributed by atoms with Crippen molar-refractivity contribution in [1.82, 2.24) is 9.55 Å². The maximum atomic E-state index is 16.5. The molecule has 1 aromatic heterocycles. The molecule has 5 rings (SSSR count). The van der Waals surface area contributed by atoms with Crippen LogP contribution in [0, 0.1) is 0 Å². The number of nitrogens with one attached hydrogen (secondary N) is 1. The molecule has 4 atom stereocenters. The van der Waals surface area contributed by atoms with Crippen molar-refractivity contribution in [2.45, 2.75) is 31.0 Å². The minimum Gasteiger partial charge on any atom is -0.459 e. The van der Waals surface area contributed by atoms with Gasteiger partial charge in [-0.2, -0.15) is 4.98 Å². The standard InChI is InChI=1S/C31H26FN3O7/c1-31(32)25(42-28(38)22-15-9-4-10-16-22)23(19-40-27(37)21-13-7-3-8-14-21)41-29(31)35-18-17-24(34-30(35)39)33-26(36)20-11-5-2-6-12-20/h2-18,23,25,29H,19H2,1H3,(H,33,34,36,39)/t23-,25-,29+,31+/m1/s1. The van der Waals surface area contributed by atoms with E-state index in [0.717, 1.165) is 11.5 Å². The first-order valence-electron chi connectivity index (χ1n) is 13.0. The first-order chi connectivity index (χ1) is 20.2. The van der Waals surface area contributed by atoms with E-state index in [1.807, 2.05) is 0 Å². The van der Waals surface area contributed by atoms with E-state index in [-0.39, 0.29) is 16.9 Å². The number of alkyl halides is 1. The van der Waals surface area contributed by atoms with Crippen LogP contribution in [0.25, 0.3) is 0 Å². The molecule has 0 aliphatic carbocycles. The minimum atomic E-state index is -2.46. The number of aromatic nitrogens is 2. The number of anilines is 1. The topological polar surface area (TPSA) is 126 Å². The molecular formula is C31H26FN3O7. The first kappa shape index (κ1) is 28.4. The van der Waals surface area contributed by atoms with Gasteiger partial charge in [-0.25, -0.2) is 18.8 Å². The summed E-state index contributed by atoms with van der Waals surface area (Å²) in [4.78, 5) is 54.8. The summed E-state index contributed by atoms with van der Waals surface area (Å²) in [6.45, 7) is 0.654. The Bertz CT molecular complexity index is 1630. The van der Waals surface area contributed by atoms with Crippen LogP contribution >= 0.6 is 0 Å². The fourth-order valence-electron chi connectivity index (χ4n) is 4.54. The molecule has 1 aliphatic heterocycles. The Morgan fingerprint density at radius 2 is 1.43 bits per heavy atom. The number of nitrogens with zero attached hydrogens (tertiary/aromatic N) is 2. The number of benzene rings is 3. The van der Waals surface area contributed by atoms with E-state index in [1.54, 1.807) is 78.9 Å². The number of esters is 2. The van der Waals surface area contributed by atoms with Gasteiger partial charge in [0.2, 0.25) is 0 Å². The second-order valence-electron chi connectivity index (χ2n) is 9.66. The Morgan fingerprint density at radius 1 is 0.881 bits per heavy atom. The maximum Gasteiger partial charge on any atom is 0.351 e. The van der Waals surface area contributed by atoms with Crippen molar-refractivity contribution in [3.05, 3.63) is 130 Å². The van der Waals surface area contributed by atoms with E-state index in [9.17, 15) is 19.2 Å². The Balaban J connectivity index is 1.39. The molecule has 4 aromatic rings. The van der Waals surface area contributed by atoms with Gasteiger partial charge in [-0.05, 0) is 49.4 Å². The first-order valence-corrected chi connectivity index (χ1v) is 13.0. The normalized spacial score (nSPS) is 21.3. The van der Waals surface area contributed by atoms with Crippen LogP contribution in [-0.4, -0.2) is 51.9 Å². The molecule has 42 heavy (non-hydrogen) atoms. The summed E-state index contributed by atoms with van der Waals surface area (Å²) in [5.41, 5.74) is -2.59. The molecule has 10 nitrogen and oxygen atoms in total. The zero-order chi connectivity index (χ0) is 29.7. The molecule has 0 unspecified atom stereocenters. The molecule has 0 spiro atoms. The van der Waals surface area contributed by atoms with Gasteiger partial charge in [0.15, 0.2) is 18.0 Å². The average molecular weight is 572 g/mol. The SMILES string of the molecule is C[C@]1(F)[C@H](OC(=O)c2ccccc2)[C@@H](COC(=O)c2ccccc2)O[C@@H]1n1ccc(NC(=O)c2ccccc2)nc1=O. The number of halogens is 1. The molecule has 1 N–H and O–H groups in total. The smallest absolute Gasteiger partial charge is 0.351 e. The highest BCUT2D eigenvalue weighted by atomic mass is 19.1. The van der Waals surface area contributed by atoms with Gasteiger partial charge in [0.25, 0.3) is 5.91 Å². The van der Waals surface area contributed by atoms with Crippen LogP contribution in [0.2, 0.25) is 0 Å². The summed E-state index contributed by atoms with van der Waals surface area (Å²) < 4.78 is 34.2. The summed E-state index contributed by atoms with van der Waals surface area (Å²) in [5, 5.41) is 2.52. The number of hydrogen-bond donors (Lipinski definition) is 1. The number of hydrogen-bond acceptors (Lipinski definition) is 8. The van der Waals surface area contributed by atoms with Gasteiger partial charge in [0, 0.05) is 11.8 Å². The van der Waals surface area contributed by atoms with Gasteiger partial charge in [-0.15, -0.1) is 0 Å². The summed E-state index contributed by atoms with van der Waals surface area (Å²) in [6.07, 6.45) is -3.23. The number of rotatable bonds is 8. The van der Waals surface area contributed by atoms with Crippen molar-refractivity contribution in [1.29, 1.82) is 0 Å². The fourth-order valence-corrected chi connectivity index (χ4v) is 4.54. The van der Waals surface area contributed by atoms with Crippen molar-refractivity contribution in [3.8, 4) is 0 Å². The zero-order valence-electron chi connectivity index (χ0n) is 22.4. The van der Waals surface area contributed by atoms with Crippen LogP contribution in [0.15, 0.2) is 108 Å². The van der Waals surface area contributed by atoms with Gasteiger partial charge < -0.3 is 19.5 Å². The van der Waals surface area contributed by atoms with Gasteiger partial charge in [0.05, 0.1) is 11.1 Å². The van der Waals surface area contributed by atoms with Crippen LogP contribution in [0.5, 0.6) is 0 Å². The number of carbonyl (C=O) groups excluding carboxylic acids is 3. The van der Waals surface area contributed by atoms with Crippen LogP contribution in [0.3, 0.4) is 0 Å². The summed E-state index contributed by atoms with van der Waals surface area (Å²) in [5.74, 6) is -2.05. The van der Waals surface area contributed by atoms with Gasteiger partial charge in [0.1, 0.15) is 18.5 Å². The quantitative estimate of drug-likeness (QED) is 0.312. The lowest BCUT2D eigenvalue weighted by Crippen LogP contribution is -2.45. The van der Waals surface area contributed by atoms with Crippen molar-refractivity contribution in [2.75, 3.05) is 11.9 Å². The van der Waals surface area contributed by atoms with Crippen molar-refractivity contribution in [3.63, 3.8) is 0 Å². The third-order valence-electron chi connectivity index (χ3n) is 6.67. The lowest BCUT2D eigenvalue weighted by atomic mass is 9.98. The van der Waals surface area contributed by atoms with Crippen LogP contribution < -0.4 is 11.0 Å². The lowest BCUT2D eigenvalue weighted by Gasteiger charge is -2.27. The average Bonchev–Trinajstić information content (AvgIpc) is 3.25. The molecule has 0 radical (unpaired) electrons. The highest BCUT2D eigenvalue weighted by Crippen LogP contribution is 2.43. The molecule has 11 heteroatoms. The Labute approximate surface area is 239 Å². The Morgan fingerprint density at radius 3 is 2.00 bits per heavy atom. The van der Waals surface area contributed by atoms with Crippen molar-refractivity contribution >= 4 is 23.7 Å². The van der Waals surface area contributed by atoms with Crippen LogP contribution in [0.4, 0.5) is 10.2 Å². The minimum absolute atomic E-state index is 0.0518. The molecule has 2 heterocycles. The van der Waals surface area contributed by atoms with Crippen molar-refractivity contribution < 1.29 is 33.0 Å². The third-order valence-corrected chi connectivity index (χ3v) is 6.67. The molecule has 214 valence electrons. The van der Waals surface area contributed by atoms with E-state index in [2.05, 4.69) is 10.3 Å². The van der Waals surface area contributed by atoms with Crippen LogP contribution in [0.1, 0.15) is 44.2 Å². The predicted octanol–water partition coefficient (Wildman–Crippen LogP) is 4.20. The van der Waals surface area contributed by atoms with Crippen molar-refractivity contribution in [2.24, 2.45) is 0 Å². The molecule has 0 saturated carbocycles. The van der Waals surface area contributed by atoms with E-state index in [1.165, 1.54) is 24.4 Å². The zero-order valence-corrected chi connectivity index (χ0v) is 22.4. The second kappa shape index (κ2) is 12.1. The molecule has 1 fully saturated rings. The highest BCUT2D eigenvalue weighted by Gasteiger charge is 2.58. The highest BCUT2D eigenvalue weighted by molar-refractivity contribution is 6.03. The Hall–Kier alpha value is -5.16. The predicted molar refractivity (Wildman–Crippen MR) is 149 cm³/mol. The molecule has 0 bridgehead atoms. The summed E-state index contributed by atoms with van der Waals surface area (Å²) in [7, 11) is 0. The molecule has 1 aliphatic rings. The summed E-state index contributed by atoms with van der Waals surface area (Å²) >= 11 is 0. The third kappa shape index (κ3) is 6.11. The van der Waals surface area contributed by atoms with E-state index < -0.39 is 54.2 Å².